The Balaban J connectivity index is 2.54. The first-order valence-electron chi connectivity index (χ1n) is 3.87. The van der Waals surface area contributed by atoms with Crippen LogP contribution < -0.4 is 5.32 Å². The van der Waals surface area contributed by atoms with Crippen molar-refractivity contribution in [3.05, 3.63) is 23.2 Å². The molecule has 0 bridgehead atoms. The van der Waals surface area contributed by atoms with Crippen molar-refractivity contribution in [2.45, 2.75) is 6.92 Å². The van der Waals surface area contributed by atoms with Crippen LogP contribution in [-0.4, -0.2) is 11.4 Å². The Hall–Kier alpha value is -1.42. The number of hydrogen-bond donors (Lipinski definition) is 1. The molecule has 0 aliphatic heterocycles. The average Bonchev–Trinajstić information content (AvgIpc) is 2.44. The van der Waals surface area contributed by atoms with Crippen molar-refractivity contribution in [3.63, 3.8) is 0 Å². The number of nitrogens with zero attached hydrogens (tertiary/aromatic N) is 1. The van der Waals surface area contributed by atoms with E-state index in [0.717, 1.165) is 20.9 Å². The second-order valence-electron chi connectivity index (χ2n) is 2.68. The summed E-state index contributed by atoms with van der Waals surface area (Å²) >= 11 is 1.63. The molecule has 0 saturated heterocycles. The molecule has 1 aromatic carbocycles. The van der Waals surface area contributed by atoms with E-state index in [0.29, 0.717) is 6.41 Å². The van der Waals surface area contributed by atoms with E-state index in [1.165, 1.54) is 0 Å². The molecule has 2 aromatic rings. The van der Waals surface area contributed by atoms with Gasteiger partial charge in [-0.2, -0.15) is 0 Å². The number of carbonyl (C=O) groups is 1. The van der Waals surface area contributed by atoms with Crippen molar-refractivity contribution in [1.29, 1.82) is 0 Å². The normalized spacial score (nSPS) is 10.2. The number of aromatic nitrogens is 1. The van der Waals surface area contributed by atoms with Gasteiger partial charge in [-0.1, -0.05) is 0 Å². The lowest BCUT2D eigenvalue weighted by atomic mass is 10.3. The third-order valence-corrected chi connectivity index (χ3v) is 2.65. The molecule has 0 aliphatic carbocycles. The minimum Gasteiger partial charge on any atom is -0.329 e. The van der Waals surface area contributed by atoms with Gasteiger partial charge < -0.3 is 5.32 Å². The first kappa shape index (κ1) is 8.19. The van der Waals surface area contributed by atoms with Gasteiger partial charge in [-0.3, -0.25) is 4.79 Å². The Labute approximate surface area is 79.4 Å². The maximum Gasteiger partial charge on any atom is 0.211 e. The van der Waals surface area contributed by atoms with E-state index in [-0.39, 0.29) is 0 Å². The van der Waals surface area contributed by atoms with Gasteiger partial charge in [-0.15, -0.1) is 11.3 Å². The molecule has 0 radical (unpaired) electrons. The van der Waals surface area contributed by atoms with Gasteiger partial charge in [-0.25, -0.2) is 4.98 Å². The fourth-order valence-electron chi connectivity index (χ4n) is 1.20. The predicted molar refractivity (Wildman–Crippen MR) is 54.0 cm³/mol. The molecule has 13 heavy (non-hydrogen) atoms. The molecule has 1 heterocycles. The molecule has 1 aromatic heterocycles. The number of rotatable bonds is 2. The molecule has 0 atom stereocenters. The van der Waals surface area contributed by atoms with Gasteiger partial charge in [-0.05, 0) is 25.1 Å². The molecular formula is C9H8N2OS. The summed E-state index contributed by atoms with van der Waals surface area (Å²) in [5.74, 6) is 0. The molecule has 0 aliphatic rings. The van der Waals surface area contributed by atoms with Crippen LogP contribution in [0.4, 0.5) is 5.69 Å². The summed E-state index contributed by atoms with van der Waals surface area (Å²) < 4.78 is 1.10. The number of anilines is 1. The topological polar surface area (TPSA) is 42.0 Å². The number of carbonyl (C=O) groups excluding carboxylic acids is 1. The van der Waals surface area contributed by atoms with Crippen LogP contribution in [0.25, 0.3) is 10.2 Å². The summed E-state index contributed by atoms with van der Waals surface area (Å²) in [5.41, 5.74) is 1.80. The number of hydrogen-bond acceptors (Lipinski definition) is 3. The minimum absolute atomic E-state index is 0.676. The van der Waals surface area contributed by atoms with Gasteiger partial charge >= 0.3 is 0 Å². The Morgan fingerprint density at radius 2 is 2.38 bits per heavy atom. The highest BCUT2D eigenvalue weighted by Crippen LogP contribution is 2.24. The van der Waals surface area contributed by atoms with E-state index >= 15 is 0 Å². The van der Waals surface area contributed by atoms with Crippen LogP contribution in [0.3, 0.4) is 0 Å². The molecule has 2 rings (SSSR count). The fourth-order valence-corrected chi connectivity index (χ4v) is 2.06. The zero-order valence-electron chi connectivity index (χ0n) is 7.07. The first-order chi connectivity index (χ1) is 6.29. The summed E-state index contributed by atoms with van der Waals surface area (Å²) in [7, 11) is 0. The molecule has 0 spiro atoms. The molecule has 4 heteroatoms. The number of amides is 1. The van der Waals surface area contributed by atoms with E-state index in [9.17, 15) is 4.79 Å². The quantitative estimate of drug-likeness (QED) is 0.741. The van der Waals surface area contributed by atoms with Gasteiger partial charge in [0.1, 0.15) is 0 Å². The van der Waals surface area contributed by atoms with Crippen LogP contribution in [-0.2, 0) is 4.79 Å². The van der Waals surface area contributed by atoms with E-state index < -0.39 is 0 Å². The summed E-state index contributed by atoms with van der Waals surface area (Å²) in [6, 6.07) is 5.68. The Morgan fingerprint density at radius 1 is 1.54 bits per heavy atom. The van der Waals surface area contributed by atoms with Gasteiger partial charge in [0.05, 0.1) is 15.2 Å². The monoisotopic (exact) mass is 192 g/mol. The van der Waals surface area contributed by atoms with Gasteiger partial charge in [0.2, 0.25) is 6.41 Å². The molecule has 0 saturated carbocycles. The highest BCUT2D eigenvalue weighted by Gasteiger charge is 2.00. The van der Waals surface area contributed by atoms with Crippen molar-refractivity contribution in [3.8, 4) is 0 Å². The van der Waals surface area contributed by atoms with Gasteiger partial charge in [0.25, 0.3) is 0 Å². The third-order valence-electron chi connectivity index (χ3n) is 1.72. The molecule has 3 nitrogen and oxygen atoms in total. The van der Waals surface area contributed by atoms with Crippen molar-refractivity contribution >= 4 is 33.7 Å². The SMILES string of the molecule is Cc1nc2ccc(NC=O)cc2s1. The smallest absolute Gasteiger partial charge is 0.211 e. The number of thiazole rings is 1. The van der Waals surface area contributed by atoms with Crippen molar-refractivity contribution in [1.82, 2.24) is 4.98 Å². The lowest BCUT2D eigenvalue weighted by molar-refractivity contribution is -0.105. The van der Waals surface area contributed by atoms with Crippen LogP contribution in [0.2, 0.25) is 0 Å². The zero-order valence-corrected chi connectivity index (χ0v) is 7.89. The molecule has 1 N–H and O–H groups in total. The lowest BCUT2D eigenvalue weighted by Crippen LogP contribution is -1.92. The molecule has 0 fully saturated rings. The highest BCUT2D eigenvalue weighted by atomic mass is 32.1. The van der Waals surface area contributed by atoms with E-state index in [1.807, 2.05) is 25.1 Å². The Morgan fingerprint density at radius 3 is 3.15 bits per heavy atom. The van der Waals surface area contributed by atoms with Crippen molar-refractivity contribution in [2.24, 2.45) is 0 Å². The third kappa shape index (κ3) is 1.53. The molecule has 66 valence electrons. The van der Waals surface area contributed by atoms with Crippen LogP contribution in [0.1, 0.15) is 5.01 Å². The summed E-state index contributed by atoms with van der Waals surface area (Å²) in [6.07, 6.45) is 0.676. The van der Waals surface area contributed by atoms with Gasteiger partial charge in [0, 0.05) is 5.69 Å². The lowest BCUT2D eigenvalue weighted by Gasteiger charge is -1.95. The number of nitrogens with one attached hydrogen (secondary N) is 1. The maximum absolute atomic E-state index is 10.2. The average molecular weight is 192 g/mol. The number of benzene rings is 1. The van der Waals surface area contributed by atoms with Crippen LogP contribution in [0.15, 0.2) is 18.2 Å². The number of fused-ring (bicyclic) bond motifs is 1. The largest absolute Gasteiger partial charge is 0.329 e. The second kappa shape index (κ2) is 3.14. The van der Waals surface area contributed by atoms with E-state index in [2.05, 4.69) is 10.3 Å². The summed E-state index contributed by atoms with van der Waals surface area (Å²) in [5, 5.41) is 3.65. The van der Waals surface area contributed by atoms with Crippen molar-refractivity contribution < 1.29 is 4.79 Å². The van der Waals surface area contributed by atoms with Crippen LogP contribution in [0.5, 0.6) is 0 Å². The first-order valence-corrected chi connectivity index (χ1v) is 4.68. The van der Waals surface area contributed by atoms with Crippen LogP contribution in [0, 0.1) is 6.92 Å². The van der Waals surface area contributed by atoms with Crippen molar-refractivity contribution in [2.75, 3.05) is 5.32 Å². The van der Waals surface area contributed by atoms with E-state index in [4.69, 9.17) is 0 Å². The van der Waals surface area contributed by atoms with Crippen LogP contribution >= 0.6 is 11.3 Å². The summed E-state index contributed by atoms with van der Waals surface area (Å²) in [4.78, 5) is 14.5. The standard InChI is InChI=1S/C9H8N2OS/c1-6-11-8-3-2-7(10-5-12)4-9(8)13-6/h2-5H,1H3,(H,10,12). The zero-order chi connectivity index (χ0) is 9.26. The Kier molecular flexibility index (Phi) is 1.98. The highest BCUT2D eigenvalue weighted by molar-refractivity contribution is 7.18. The molecule has 1 amide bonds. The van der Waals surface area contributed by atoms with E-state index in [1.54, 1.807) is 11.3 Å². The molecule has 0 unspecified atom stereocenters. The number of aryl methyl sites for hydroxylation is 1. The maximum atomic E-state index is 10.2. The summed E-state index contributed by atoms with van der Waals surface area (Å²) in [6.45, 7) is 1.97. The second-order valence-corrected chi connectivity index (χ2v) is 3.91. The minimum atomic E-state index is 0.676. The Bertz CT molecular complexity index is 450. The van der Waals surface area contributed by atoms with Gasteiger partial charge in [0.15, 0.2) is 0 Å². The molecular weight excluding hydrogens is 184 g/mol. The fraction of sp³-hybridized carbons (Fsp3) is 0.111. The predicted octanol–water partition coefficient (Wildman–Crippen LogP) is 2.17.